The van der Waals surface area contributed by atoms with Gasteiger partial charge in [-0.3, -0.25) is 24.1 Å². The Balaban J connectivity index is 1.41. The lowest BCUT2D eigenvalue weighted by atomic mass is 10.0. The van der Waals surface area contributed by atoms with Gasteiger partial charge < -0.3 is 20.1 Å². The standard InChI is InChI=1S/C31H25Cl4N3O8/c1-15(2)9-25(31(44)46-14-27(40)37-18-5-8-22(33)24(35)12-18)38-28(41)19-6-3-16(10-20(19)29(38)42)30(43)45-13-26(39)36-17-4-7-21(32)23(34)11-17/h3-8,10-12,15,25H,9,13-14H2,1-2H3,(H,36,39)(H,37,40). The SMILES string of the molecule is CC(C)CC(C(=O)OCC(=O)Nc1ccc(Cl)c(Cl)c1)N1C(=O)c2ccc(C(=O)OCC(=O)Nc3ccc(Cl)c(Cl)c3)cc2C1=O. The summed E-state index contributed by atoms with van der Waals surface area (Å²) in [4.78, 5) is 78.0. The number of hydrogen-bond donors (Lipinski definition) is 2. The quantitative estimate of drug-likeness (QED) is 0.175. The van der Waals surface area contributed by atoms with Gasteiger partial charge in [0, 0.05) is 11.4 Å². The summed E-state index contributed by atoms with van der Waals surface area (Å²) >= 11 is 23.6. The Kier molecular flexibility index (Phi) is 11.3. The molecule has 11 nitrogen and oxygen atoms in total. The van der Waals surface area contributed by atoms with E-state index in [1.807, 2.05) is 0 Å². The molecule has 4 rings (SSSR count). The molecule has 0 spiro atoms. The van der Waals surface area contributed by atoms with Crippen LogP contribution in [0.4, 0.5) is 11.4 Å². The van der Waals surface area contributed by atoms with E-state index in [4.69, 9.17) is 55.9 Å². The maximum Gasteiger partial charge on any atom is 0.338 e. The summed E-state index contributed by atoms with van der Waals surface area (Å²) in [5, 5.41) is 6.03. The van der Waals surface area contributed by atoms with Crippen molar-refractivity contribution in [3.8, 4) is 0 Å². The van der Waals surface area contributed by atoms with Crippen LogP contribution in [0, 0.1) is 5.92 Å². The molecule has 1 atom stereocenters. The van der Waals surface area contributed by atoms with Crippen LogP contribution in [0.25, 0.3) is 0 Å². The number of nitrogens with zero attached hydrogens (tertiary/aromatic N) is 1. The molecular formula is C31H25Cl4N3O8. The van der Waals surface area contributed by atoms with Gasteiger partial charge in [0.15, 0.2) is 13.2 Å². The van der Waals surface area contributed by atoms with Crippen molar-refractivity contribution in [1.82, 2.24) is 4.90 Å². The Morgan fingerprint density at radius 3 is 1.74 bits per heavy atom. The maximum atomic E-state index is 13.4. The molecule has 240 valence electrons. The number of carbonyl (C=O) groups excluding carboxylic acids is 6. The van der Waals surface area contributed by atoms with E-state index in [1.165, 1.54) is 48.5 Å². The van der Waals surface area contributed by atoms with Crippen molar-refractivity contribution in [2.75, 3.05) is 23.8 Å². The molecule has 0 fully saturated rings. The Morgan fingerprint density at radius 1 is 0.696 bits per heavy atom. The van der Waals surface area contributed by atoms with Crippen LogP contribution in [0.3, 0.4) is 0 Å². The van der Waals surface area contributed by atoms with Crippen LogP contribution in [0.5, 0.6) is 0 Å². The molecule has 4 amide bonds. The summed E-state index contributed by atoms with van der Waals surface area (Å²) in [6.45, 7) is 2.20. The molecule has 46 heavy (non-hydrogen) atoms. The smallest absolute Gasteiger partial charge is 0.338 e. The van der Waals surface area contributed by atoms with Crippen molar-refractivity contribution >= 4 is 93.3 Å². The summed E-state index contributed by atoms with van der Waals surface area (Å²) in [6.07, 6.45) is 0.0432. The van der Waals surface area contributed by atoms with Gasteiger partial charge in [-0.05, 0) is 66.9 Å². The molecule has 0 bridgehead atoms. The summed E-state index contributed by atoms with van der Waals surface area (Å²) in [5.74, 6) is -5.03. The second kappa shape index (κ2) is 15.0. The van der Waals surface area contributed by atoms with E-state index in [1.54, 1.807) is 13.8 Å². The molecule has 1 aliphatic rings. The van der Waals surface area contributed by atoms with E-state index < -0.39 is 54.8 Å². The Bertz CT molecular complexity index is 1750. The number of amides is 4. The van der Waals surface area contributed by atoms with Gasteiger partial charge in [-0.25, -0.2) is 9.59 Å². The Labute approximate surface area is 283 Å². The fraction of sp³-hybridized carbons (Fsp3) is 0.226. The normalized spacial score (nSPS) is 12.9. The number of hydrogen-bond acceptors (Lipinski definition) is 8. The zero-order valence-corrected chi connectivity index (χ0v) is 27.2. The zero-order valence-electron chi connectivity index (χ0n) is 24.2. The molecule has 0 radical (unpaired) electrons. The van der Waals surface area contributed by atoms with Crippen molar-refractivity contribution in [3.63, 3.8) is 0 Å². The topological polar surface area (TPSA) is 148 Å². The van der Waals surface area contributed by atoms with Gasteiger partial charge in [0.05, 0.1) is 36.8 Å². The van der Waals surface area contributed by atoms with E-state index in [9.17, 15) is 28.8 Å². The van der Waals surface area contributed by atoms with E-state index in [-0.39, 0.29) is 44.1 Å². The average Bonchev–Trinajstić information content (AvgIpc) is 3.25. The summed E-state index contributed by atoms with van der Waals surface area (Å²) in [6, 6.07) is 11.1. The Morgan fingerprint density at radius 2 is 1.22 bits per heavy atom. The van der Waals surface area contributed by atoms with Crippen LogP contribution < -0.4 is 10.6 Å². The summed E-state index contributed by atoms with van der Waals surface area (Å²) in [5.41, 5.74) is 0.359. The number of esters is 2. The first-order valence-electron chi connectivity index (χ1n) is 13.6. The van der Waals surface area contributed by atoms with Gasteiger partial charge in [0.25, 0.3) is 23.6 Å². The predicted octanol–water partition coefficient (Wildman–Crippen LogP) is 6.29. The molecule has 0 saturated heterocycles. The molecule has 3 aromatic rings. The van der Waals surface area contributed by atoms with E-state index in [2.05, 4.69) is 10.6 Å². The van der Waals surface area contributed by atoms with Crippen LogP contribution >= 0.6 is 46.4 Å². The molecule has 15 heteroatoms. The zero-order chi connectivity index (χ0) is 33.7. The van der Waals surface area contributed by atoms with Crippen molar-refractivity contribution < 1.29 is 38.2 Å². The first-order valence-corrected chi connectivity index (χ1v) is 15.1. The van der Waals surface area contributed by atoms with Gasteiger partial charge in [-0.2, -0.15) is 0 Å². The number of benzene rings is 3. The summed E-state index contributed by atoms with van der Waals surface area (Å²) in [7, 11) is 0. The van der Waals surface area contributed by atoms with Crippen LogP contribution in [0.2, 0.25) is 20.1 Å². The van der Waals surface area contributed by atoms with Crippen LogP contribution in [-0.4, -0.2) is 59.7 Å². The first kappa shape index (κ1) is 34.7. The molecule has 3 aromatic carbocycles. The molecule has 0 saturated carbocycles. The molecule has 0 aliphatic carbocycles. The third kappa shape index (κ3) is 8.35. The minimum atomic E-state index is -1.36. The highest BCUT2D eigenvalue weighted by Crippen LogP contribution is 2.29. The number of nitrogens with one attached hydrogen (secondary N) is 2. The monoisotopic (exact) mass is 707 g/mol. The van der Waals surface area contributed by atoms with Crippen LogP contribution in [0.15, 0.2) is 54.6 Å². The second-order valence-corrected chi connectivity index (χ2v) is 12.1. The maximum absolute atomic E-state index is 13.4. The van der Waals surface area contributed by atoms with E-state index in [0.29, 0.717) is 16.4 Å². The highest BCUT2D eigenvalue weighted by atomic mass is 35.5. The number of halogens is 4. The third-order valence-electron chi connectivity index (χ3n) is 6.52. The Hall–Kier alpha value is -4.16. The van der Waals surface area contributed by atoms with Gasteiger partial charge in [-0.15, -0.1) is 0 Å². The third-order valence-corrected chi connectivity index (χ3v) is 8.00. The van der Waals surface area contributed by atoms with Gasteiger partial charge in [0.1, 0.15) is 6.04 Å². The van der Waals surface area contributed by atoms with Gasteiger partial charge in [-0.1, -0.05) is 60.3 Å². The molecule has 1 unspecified atom stereocenters. The lowest BCUT2D eigenvalue weighted by molar-refractivity contribution is -0.151. The minimum Gasteiger partial charge on any atom is -0.454 e. The van der Waals surface area contributed by atoms with Crippen molar-refractivity contribution in [3.05, 3.63) is 91.4 Å². The predicted molar refractivity (Wildman–Crippen MR) is 172 cm³/mol. The lowest BCUT2D eigenvalue weighted by Crippen LogP contribution is -2.46. The lowest BCUT2D eigenvalue weighted by Gasteiger charge is -2.25. The number of ether oxygens (including phenoxy) is 2. The largest absolute Gasteiger partial charge is 0.454 e. The van der Waals surface area contributed by atoms with Crippen molar-refractivity contribution in [2.24, 2.45) is 5.92 Å². The molecule has 1 aliphatic heterocycles. The number of fused-ring (bicyclic) bond motifs is 1. The van der Waals surface area contributed by atoms with Crippen molar-refractivity contribution in [1.29, 1.82) is 0 Å². The second-order valence-electron chi connectivity index (χ2n) is 10.4. The molecule has 0 aromatic heterocycles. The number of anilines is 2. The van der Waals surface area contributed by atoms with Crippen molar-refractivity contribution in [2.45, 2.75) is 26.3 Å². The number of carbonyl (C=O) groups is 6. The molecule has 1 heterocycles. The van der Waals surface area contributed by atoms with E-state index >= 15 is 0 Å². The average molecular weight is 709 g/mol. The fourth-order valence-corrected chi connectivity index (χ4v) is 5.01. The number of imide groups is 1. The van der Waals surface area contributed by atoms with Gasteiger partial charge in [0.2, 0.25) is 0 Å². The number of rotatable bonds is 11. The van der Waals surface area contributed by atoms with Gasteiger partial charge >= 0.3 is 11.9 Å². The minimum absolute atomic E-state index is 0.0432. The fourth-order valence-electron chi connectivity index (χ4n) is 4.41. The summed E-state index contributed by atoms with van der Waals surface area (Å²) < 4.78 is 10.3. The highest BCUT2D eigenvalue weighted by molar-refractivity contribution is 6.42. The highest BCUT2D eigenvalue weighted by Gasteiger charge is 2.44. The molecule has 2 N–H and O–H groups in total. The van der Waals surface area contributed by atoms with Crippen LogP contribution in [0.1, 0.15) is 51.3 Å². The first-order chi connectivity index (χ1) is 21.7. The van der Waals surface area contributed by atoms with Crippen LogP contribution in [-0.2, 0) is 23.9 Å². The van der Waals surface area contributed by atoms with E-state index in [0.717, 1.165) is 11.0 Å². The molecular weight excluding hydrogens is 684 g/mol.